The molecule has 5 heteroatoms. The van der Waals surface area contributed by atoms with E-state index in [9.17, 15) is 0 Å². The first kappa shape index (κ1) is 14.7. The van der Waals surface area contributed by atoms with Crippen molar-refractivity contribution in [3.63, 3.8) is 0 Å². The predicted molar refractivity (Wildman–Crippen MR) is 92.7 cm³/mol. The average molecular weight is 318 g/mol. The van der Waals surface area contributed by atoms with E-state index in [0.29, 0.717) is 5.56 Å². The second-order valence-corrected chi connectivity index (χ2v) is 6.03. The molecule has 3 heterocycles. The molecule has 0 radical (unpaired) electrons. The molecule has 1 aromatic carbocycles. The van der Waals surface area contributed by atoms with Gasteiger partial charge in [-0.05, 0) is 24.3 Å². The molecule has 1 saturated heterocycles. The van der Waals surface area contributed by atoms with Gasteiger partial charge in [0.05, 0.1) is 12.1 Å². The fourth-order valence-corrected chi connectivity index (χ4v) is 3.11. The number of fused-ring (bicyclic) bond motifs is 1. The molecule has 0 N–H and O–H groups in total. The zero-order valence-corrected chi connectivity index (χ0v) is 13.4. The van der Waals surface area contributed by atoms with Gasteiger partial charge < -0.3 is 9.32 Å². The standard InChI is InChI=1S/C19H18N4O/c20-12-15-5-6-19(21-13-15)23-9-7-22(8-10-23)14-17-11-16-3-1-2-4-18(16)24-17/h1-6,11,13H,7-10,14H2. The van der Waals surface area contributed by atoms with Gasteiger partial charge in [0, 0.05) is 37.8 Å². The maximum atomic E-state index is 8.85. The van der Waals surface area contributed by atoms with E-state index in [-0.39, 0.29) is 0 Å². The van der Waals surface area contributed by atoms with E-state index in [4.69, 9.17) is 9.68 Å². The van der Waals surface area contributed by atoms with Crippen LogP contribution in [0.25, 0.3) is 11.0 Å². The minimum atomic E-state index is 0.599. The molecule has 5 nitrogen and oxygen atoms in total. The van der Waals surface area contributed by atoms with Crippen LogP contribution in [0.1, 0.15) is 11.3 Å². The van der Waals surface area contributed by atoms with E-state index in [1.807, 2.05) is 30.3 Å². The highest BCUT2D eigenvalue weighted by Gasteiger charge is 2.19. The van der Waals surface area contributed by atoms with Crippen LogP contribution in [0, 0.1) is 11.3 Å². The summed E-state index contributed by atoms with van der Waals surface area (Å²) in [6.07, 6.45) is 1.64. The van der Waals surface area contributed by atoms with Gasteiger partial charge >= 0.3 is 0 Å². The molecule has 2 aromatic heterocycles. The van der Waals surface area contributed by atoms with Crippen molar-refractivity contribution < 1.29 is 4.42 Å². The van der Waals surface area contributed by atoms with Gasteiger partial charge in [-0.3, -0.25) is 4.90 Å². The Morgan fingerprint density at radius 3 is 2.62 bits per heavy atom. The van der Waals surface area contributed by atoms with Crippen molar-refractivity contribution in [2.24, 2.45) is 0 Å². The lowest BCUT2D eigenvalue weighted by Gasteiger charge is -2.34. The number of pyridine rings is 1. The molecule has 24 heavy (non-hydrogen) atoms. The summed E-state index contributed by atoms with van der Waals surface area (Å²) in [6, 6.07) is 16.1. The average Bonchev–Trinajstić information content (AvgIpc) is 3.05. The van der Waals surface area contributed by atoms with Crippen LogP contribution in [0.15, 0.2) is 53.1 Å². The van der Waals surface area contributed by atoms with Crippen LogP contribution in [0.5, 0.6) is 0 Å². The Labute approximate surface area is 140 Å². The first-order chi connectivity index (χ1) is 11.8. The van der Waals surface area contributed by atoms with Crippen molar-refractivity contribution in [3.8, 4) is 6.07 Å². The van der Waals surface area contributed by atoms with Gasteiger partial charge in [-0.1, -0.05) is 18.2 Å². The van der Waals surface area contributed by atoms with Crippen LogP contribution in [0.2, 0.25) is 0 Å². The van der Waals surface area contributed by atoms with Gasteiger partial charge in [0.1, 0.15) is 23.2 Å². The van der Waals surface area contributed by atoms with E-state index in [1.54, 1.807) is 6.20 Å². The summed E-state index contributed by atoms with van der Waals surface area (Å²) in [4.78, 5) is 9.04. The van der Waals surface area contributed by atoms with E-state index in [2.05, 4.69) is 33.0 Å². The monoisotopic (exact) mass is 318 g/mol. The van der Waals surface area contributed by atoms with Crippen molar-refractivity contribution in [1.82, 2.24) is 9.88 Å². The highest BCUT2D eigenvalue weighted by molar-refractivity contribution is 5.77. The van der Waals surface area contributed by atoms with Gasteiger partial charge in [0.25, 0.3) is 0 Å². The van der Waals surface area contributed by atoms with Gasteiger partial charge in [-0.25, -0.2) is 4.98 Å². The lowest BCUT2D eigenvalue weighted by Crippen LogP contribution is -2.46. The smallest absolute Gasteiger partial charge is 0.134 e. The van der Waals surface area contributed by atoms with Crippen LogP contribution >= 0.6 is 0 Å². The number of nitrogens with zero attached hydrogens (tertiary/aromatic N) is 4. The number of aromatic nitrogens is 1. The SMILES string of the molecule is N#Cc1ccc(N2CCN(Cc3cc4ccccc4o3)CC2)nc1. The summed E-state index contributed by atoms with van der Waals surface area (Å²) in [6.45, 7) is 4.64. The summed E-state index contributed by atoms with van der Waals surface area (Å²) in [5.41, 5.74) is 1.55. The fourth-order valence-electron chi connectivity index (χ4n) is 3.11. The number of hydrogen-bond donors (Lipinski definition) is 0. The lowest BCUT2D eigenvalue weighted by atomic mass is 10.2. The van der Waals surface area contributed by atoms with Gasteiger partial charge in [0.2, 0.25) is 0 Å². The van der Waals surface area contributed by atoms with Gasteiger partial charge in [0.15, 0.2) is 0 Å². The third-order valence-corrected chi connectivity index (χ3v) is 4.43. The lowest BCUT2D eigenvalue weighted by molar-refractivity contribution is 0.232. The highest BCUT2D eigenvalue weighted by atomic mass is 16.3. The Kier molecular flexibility index (Phi) is 3.89. The summed E-state index contributed by atoms with van der Waals surface area (Å²) < 4.78 is 5.91. The van der Waals surface area contributed by atoms with Crippen LogP contribution in [-0.2, 0) is 6.54 Å². The molecule has 0 unspecified atom stereocenters. The minimum Gasteiger partial charge on any atom is -0.460 e. The third-order valence-electron chi connectivity index (χ3n) is 4.43. The topological polar surface area (TPSA) is 56.3 Å². The maximum absolute atomic E-state index is 8.85. The first-order valence-electron chi connectivity index (χ1n) is 8.13. The maximum Gasteiger partial charge on any atom is 0.134 e. The Bertz CT molecular complexity index is 837. The number of hydrogen-bond acceptors (Lipinski definition) is 5. The molecule has 120 valence electrons. The number of benzene rings is 1. The number of anilines is 1. The zero-order chi connectivity index (χ0) is 16.4. The van der Waals surface area contributed by atoms with Crippen molar-refractivity contribution in [3.05, 3.63) is 60.0 Å². The Morgan fingerprint density at radius 2 is 1.92 bits per heavy atom. The summed E-state index contributed by atoms with van der Waals surface area (Å²) in [7, 11) is 0. The molecule has 3 aromatic rings. The number of para-hydroxylation sites is 1. The van der Waals surface area contributed by atoms with Crippen LogP contribution < -0.4 is 4.90 Å². The van der Waals surface area contributed by atoms with Gasteiger partial charge in [-0.2, -0.15) is 5.26 Å². The molecule has 0 amide bonds. The van der Waals surface area contributed by atoms with Gasteiger partial charge in [-0.15, -0.1) is 0 Å². The highest BCUT2D eigenvalue weighted by Crippen LogP contribution is 2.21. The van der Waals surface area contributed by atoms with Crippen LogP contribution in [0.4, 0.5) is 5.82 Å². The third kappa shape index (κ3) is 2.97. The Hall–Kier alpha value is -2.84. The molecule has 1 aliphatic heterocycles. The number of rotatable bonds is 3. The minimum absolute atomic E-state index is 0.599. The van der Waals surface area contributed by atoms with E-state index >= 15 is 0 Å². The summed E-state index contributed by atoms with van der Waals surface area (Å²) in [5, 5.41) is 10.0. The largest absolute Gasteiger partial charge is 0.460 e. The number of nitriles is 1. The zero-order valence-electron chi connectivity index (χ0n) is 13.4. The second-order valence-electron chi connectivity index (χ2n) is 6.03. The Morgan fingerprint density at radius 1 is 1.08 bits per heavy atom. The first-order valence-corrected chi connectivity index (χ1v) is 8.13. The molecule has 0 bridgehead atoms. The van der Waals surface area contributed by atoms with Crippen molar-refractivity contribution in [2.75, 3.05) is 31.1 Å². The molecule has 4 rings (SSSR count). The Balaban J connectivity index is 1.38. The van der Waals surface area contributed by atoms with Crippen molar-refractivity contribution >= 4 is 16.8 Å². The molecular weight excluding hydrogens is 300 g/mol. The van der Waals surface area contributed by atoms with Crippen LogP contribution in [-0.4, -0.2) is 36.1 Å². The number of furan rings is 1. The normalized spacial score (nSPS) is 15.5. The molecule has 1 aliphatic rings. The van der Waals surface area contributed by atoms with Crippen molar-refractivity contribution in [1.29, 1.82) is 5.26 Å². The van der Waals surface area contributed by atoms with E-state index in [0.717, 1.165) is 55.3 Å². The van der Waals surface area contributed by atoms with Crippen LogP contribution in [0.3, 0.4) is 0 Å². The summed E-state index contributed by atoms with van der Waals surface area (Å²) in [5.74, 6) is 1.96. The fraction of sp³-hybridized carbons (Fsp3) is 0.263. The summed E-state index contributed by atoms with van der Waals surface area (Å²) >= 11 is 0. The molecule has 0 aliphatic carbocycles. The molecular formula is C19H18N4O. The van der Waals surface area contributed by atoms with E-state index < -0.39 is 0 Å². The quantitative estimate of drug-likeness (QED) is 0.743. The molecule has 0 atom stereocenters. The molecule has 1 fully saturated rings. The predicted octanol–water partition coefficient (Wildman–Crippen LogP) is 3.02. The van der Waals surface area contributed by atoms with E-state index in [1.165, 1.54) is 0 Å². The van der Waals surface area contributed by atoms with Crippen molar-refractivity contribution in [2.45, 2.75) is 6.54 Å². The second kappa shape index (κ2) is 6.34. The number of piperazine rings is 1. The molecule has 0 spiro atoms. The molecule has 0 saturated carbocycles.